The number of benzene rings is 2. The monoisotopic (exact) mass is 293 g/mol. The molecule has 2 aromatic carbocycles. The first-order valence-corrected chi connectivity index (χ1v) is 7.42. The lowest BCUT2D eigenvalue weighted by Gasteiger charge is -2.06. The zero-order valence-corrected chi connectivity index (χ0v) is 12.4. The van der Waals surface area contributed by atoms with Crippen LogP contribution in [-0.2, 0) is 25.9 Å². The van der Waals surface area contributed by atoms with E-state index in [4.69, 9.17) is 5.73 Å². The molecule has 0 unspecified atom stereocenters. The van der Waals surface area contributed by atoms with Crippen LogP contribution in [0, 0.1) is 0 Å². The Bertz CT molecular complexity index is 703. The van der Waals surface area contributed by atoms with Crippen molar-refractivity contribution in [3.8, 4) is 0 Å². The van der Waals surface area contributed by atoms with E-state index in [2.05, 4.69) is 51.9 Å². The molecule has 0 bridgehead atoms. The number of aromatic nitrogens is 4. The molecule has 3 aromatic rings. The Morgan fingerprint density at radius 3 is 2.27 bits per heavy atom. The summed E-state index contributed by atoms with van der Waals surface area (Å²) in [5.41, 5.74) is 9.21. The Kier molecular flexibility index (Phi) is 4.56. The normalized spacial score (nSPS) is 10.8. The predicted octanol–water partition coefficient (Wildman–Crippen LogP) is 1.97. The molecule has 0 aliphatic carbocycles. The molecular formula is C17H19N5. The topological polar surface area (TPSA) is 69.6 Å². The number of aryl methyl sites for hydroxylation is 2. The summed E-state index contributed by atoms with van der Waals surface area (Å²) in [6, 6.07) is 18.6. The van der Waals surface area contributed by atoms with Crippen molar-refractivity contribution in [2.24, 2.45) is 5.73 Å². The summed E-state index contributed by atoms with van der Waals surface area (Å²) in [5, 5.41) is 12.0. The maximum Gasteiger partial charge on any atom is 0.151 e. The van der Waals surface area contributed by atoms with Crippen LogP contribution in [0.25, 0.3) is 0 Å². The zero-order valence-electron chi connectivity index (χ0n) is 12.4. The van der Waals surface area contributed by atoms with E-state index in [1.165, 1.54) is 11.1 Å². The molecule has 5 nitrogen and oxygen atoms in total. The van der Waals surface area contributed by atoms with Crippen molar-refractivity contribution in [3.63, 3.8) is 0 Å². The molecule has 3 rings (SSSR count). The molecule has 0 atom stereocenters. The summed E-state index contributed by atoms with van der Waals surface area (Å²) >= 11 is 0. The summed E-state index contributed by atoms with van der Waals surface area (Å²) in [6.45, 7) is 1.25. The van der Waals surface area contributed by atoms with Crippen LogP contribution < -0.4 is 5.73 Å². The number of nitrogens with two attached hydrogens (primary N) is 1. The maximum atomic E-state index is 5.62. The van der Waals surface area contributed by atoms with Crippen LogP contribution >= 0.6 is 0 Å². The first kappa shape index (κ1) is 14.4. The third-order valence-electron chi connectivity index (χ3n) is 3.68. The Morgan fingerprint density at radius 2 is 1.55 bits per heavy atom. The van der Waals surface area contributed by atoms with Crippen molar-refractivity contribution in [2.45, 2.75) is 25.9 Å². The summed E-state index contributed by atoms with van der Waals surface area (Å²) in [7, 11) is 0. The Hall–Kier alpha value is -2.53. The minimum Gasteiger partial charge on any atom is -0.326 e. The highest BCUT2D eigenvalue weighted by Crippen LogP contribution is 2.08. The predicted molar refractivity (Wildman–Crippen MR) is 85.1 cm³/mol. The van der Waals surface area contributed by atoms with Gasteiger partial charge < -0.3 is 5.73 Å². The van der Waals surface area contributed by atoms with Crippen molar-refractivity contribution >= 4 is 0 Å². The van der Waals surface area contributed by atoms with Gasteiger partial charge in [0.15, 0.2) is 5.82 Å². The highest BCUT2D eigenvalue weighted by molar-refractivity contribution is 5.22. The molecule has 0 saturated carbocycles. The van der Waals surface area contributed by atoms with Crippen molar-refractivity contribution in [3.05, 3.63) is 77.1 Å². The maximum absolute atomic E-state index is 5.62. The van der Waals surface area contributed by atoms with Crippen molar-refractivity contribution in [1.82, 2.24) is 20.2 Å². The quantitative estimate of drug-likeness (QED) is 0.754. The fraction of sp³-hybridized carbons (Fsp3) is 0.235. The van der Waals surface area contributed by atoms with E-state index in [0.717, 1.165) is 24.2 Å². The molecule has 0 aliphatic rings. The van der Waals surface area contributed by atoms with E-state index in [-0.39, 0.29) is 0 Å². The van der Waals surface area contributed by atoms with E-state index in [1.54, 1.807) is 0 Å². The van der Waals surface area contributed by atoms with Gasteiger partial charge in [0.1, 0.15) is 0 Å². The first-order chi connectivity index (χ1) is 10.8. The van der Waals surface area contributed by atoms with Gasteiger partial charge in [0.25, 0.3) is 0 Å². The van der Waals surface area contributed by atoms with E-state index < -0.39 is 0 Å². The molecule has 0 radical (unpaired) electrons. The Balaban J connectivity index is 1.66. The molecule has 2 N–H and O–H groups in total. The van der Waals surface area contributed by atoms with Crippen molar-refractivity contribution in [2.75, 3.05) is 0 Å². The van der Waals surface area contributed by atoms with Gasteiger partial charge in [-0.05, 0) is 33.5 Å². The summed E-state index contributed by atoms with van der Waals surface area (Å²) < 4.78 is 1.86. The second kappa shape index (κ2) is 6.95. The summed E-state index contributed by atoms with van der Waals surface area (Å²) in [4.78, 5) is 0. The molecule has 5 heteroatoms. The van der Waals surface area contributed by atoms with Gasteiger partial charge in [-0.1, -0.05) is 54.6 Å². The Morgan fingerprint density at radius 1 is 0.818 bits per heavy atom. The number of nitrogens with zero attached hydrogens (tertiary/aromatic N) is 4. The summed E-state index contributed by atoms with van der Waals surface area (Å²) in [6.07, 6.45) is 1.77. The average Bonchev–Trinajstić information content (AvgIpc) is 3.02. The molecule has 22 heavy (non-hydrogen) atoms. The van der Waals surface area contributed by atoms with Crippen LogP contribution in [0.15, 0.2) is 54.6 Å². The molecule has 1 heterocycles. The Labute approximate surface area is 129 Å². The minimum atomic E-state index is 0.563. The molecule has 0 amide bonds. The molecular weight excluding hydrogens is 274 g/mol. The van der Waals surface area contributed by atoms with Gasteiger partial charge in [0.2, 0.25) is 0 Å². The third-order valence-corrected chi connectivity index (χ3v) is 3.68. The average molecular weight is 293 g/mol. The largest absolute Gasteiger partial charge is 0.326 e. The van der Waals surface area contributed by atoms with Gasteiger partial charge >= 0.3 is 0 Å². The van der Waals surface area contributed by atoms with Crippen LogP contribution in [0.5, 0.6) is 0 Å². The van der Waals surface area contributed by atoms with Gasteiger partial charge in [0, 0.05) is 13.0 Å². The molecule has 112 valence electrons. The van der Waals surface area contributed by atoms with Crippen LogP contribution in [0.4, 0.5) is 0 Å². The zero-order chi connectivity index (χ0) is 15.2. The van der Waals surface area contributed by atoms with Gasteiger partial charge in [0.05, 0.1) is 6.54 Å². The lowest BCUT2D eigenvalue weighted by molar-refractivity contribution is 0.615. The number of hydrogen-bond donors (Lipinski definition) is 1. The smallest absolute Gasteiger partial charge is 0.151 e. The number of hydrogen-bond acceptors (Lipinski definition) is 4. The fourth-order valence-electron chi connectivity index (χ4n) is 2.38. The molecule has 0 spiro atoms. The van der Waals surface area contributed by atoms with Crippen molar-refractivity contribution < 1.29 is 0 Å². The second-order valence-corrected chi connectivity index (χ2v) is 5.26. The van der Waals surface area contributed by atoms with Gasteiger partial charge in [-0.25, -0.2) is 4.68 Å². The minimum absolute atomic E-state index is 0.563. The fourth-order valence-corrected chi connectivity index (χ4v) is 2.38. The highest BCUT2D eigenvalue weighted by atomic mass is 15.5. The molecule has 0 saturated heterocycles. The SMILES string of the molecule is NCc1ccc(Cn2nnnc2CCc2ccccc2)cc1. The second-order valence-electron chi connectivity index (χ2n) is 5.26. The van der Waals surface area contributed by atoms with Crippen LogP contribution in [0.1, 0.15) is 22.5 Å². The van der Waals surface area contributed by atoms with Crippen LogP contribution in [0.2, 0.25) is 0 Å². The van der Waals surface area contributed by atoms with Gasteiger partial charge in [-0.15, -0.1) is 5.10 Å². The molecule has 1 aromatic heterocycles. The van der Waals surface area contributed by atoms with E-state index >= 15 is 0 Å². The lowest BCUT2D eigenvalue weighted by atomic mass is 10.1. The van der Waals surface area contributed by atoms with E-state index in [1.807, 2.05) is 22.9 Å². The van der Waals surface area contributed by atoms with Crippen molar-refractivity contribution in [1.29, 1.82) is 0 Å². The summed E-state index contributed by atoms with van der Waals surface area (Å²) in [5.74, 6) is 0.909. The van der Waals surface area contributed by atoms with Gasteiger partial charge in [-0.3, -0.25) is 0 Å². The van der Waals surface area contributed by atoms with E-state index in [0.29, 0.717) is 13.1 Å². The third kappa shape index (κ3) is 3.56. The number of tetrazole rings is 1. The molecule has 0 aliphatic heterocycles. The van der Waals surface area contributed by atoms with Gasteiger partial charge in [-0.2, -0.15) is 0 Å². The first-order valence-electron chi connectivity index (χ1n) is 7.42. The standard InChI is InChI=1S/C17H19N5/c18-12-15-6-8-16(9-7-15)13-22-17(19-20-21-22)11-10-14-4-2-1-3-5-14/h1-9H,10-13,18H2. The molecule has 0 fully saturated rings. The number of rotatable bonds is 6. The lowest BCUT2D eigenvalue weighted by Crippen LogP contribution is -2.08. The van der Waals surface area contributed by atoms with E-state index in [9.17, 15) is 0 Å². The van der Waals surface area contributed by atoms with Crippen LogP contribution in [-0.4, -0.2) is 20.2 Å². The van der Waals surface area contributed by atoms with Crippen LogP contribution in [0.3, 0.4) is 0 Å². The highest BCUT2D eigenvalue weighted by Gasteiger charge is 2.07.